The maximum atomic E-state index is 6.23. The van der Waals surface area contributed by atoms with Crippen molar-refractivity contribution in [3.63, 3.8) is 0 Å². The molecule has 6 heteroatoms. The molecular formula is C15H18ClN3O2. The van der Waals surface area contributed by atoms with Crippen LogP contribution in [0.1, 0.15) is 12.5 Å². The summed E-state index contributed by atoms with van der Waals surface area (Å²) >= 11 is 6.23. The maximum Gasteiger partial charge on any atom is 0.179 e. The number of fused-ring (bicyclic) bond motifs is 1. The second-order valence-corrected chi connectivity index (χ2v) is 5.52. The molecule has 1 atom stereocenters. The van der Waals surface area contributed by atoms with Crippen molar-refractivity contribution in [2.45, 2.75) is 26.1 Å². The minimum atomic E-state index is 0.303. The fraction of sp³-hybridized carbons (Fsp3) is 0.400. The third-order valence-corrected chi connectivity index (χ3v) is 3.61. The molecule has 2 aromatic rings. The van der Waals surface area contributed by atoms with Crippen LogP contribution < -0.4 is 14.8 Å². The van der Waals surface area contributed by atoms with E-state index in [1.807, 2.05) is 29.1 Å². The quantitative estimate of drug-likeness (QED) is 0.922. The molecule has 0 unspecified atom stereocenters. The third-order valence-electron chi connectivity index (χ3n) is 3.33. The molecule has 0 bridgehead atoms. The smallest absolute Gasteiger partial charge is 0.179 e. The molecule has 0 saturated carbocycles. The van der Waals surface area contributed by atoms with E-state index in [2.05, 4.69) is 17.3 Å². The van der Waals surface area contributed by atoms with Crippen LogP contribution in [-0.4, -0.2) is 29.0 Å². The van der Waals surface area contributed by atoms with Gasteiger partial charge in [0.05, 0.1) is 11.6 Å². The van der Waals surface area contributed by atoms with Crippen molar-refractivity contribution in [3.05, 3.63) is 41.2 Å². The van der Waals surface area contributed by atoms with Crippen molar-refractivity contribution in [3.8, 4) is 11.5 Å². The van der Waals surface area contributed by atoms with Gasteiger partial charge in [0.25, 0.3) is 0 Å². The van der Waals surface area contributed by atoms with Crippen LogP contribution >= 0.6 is 11.6 Å². The maximum absolute atomic E-state index is 6.23. The first-order valence-electron chi connectivity index (χ1n) is 7.01. The fourth-order valence-electron chi connectivity index (χ4n) is 2.31. The molecule has 5 nitrogen and oxygen atoms in total. The molecule has 1 N–H and O–H groups in total. The average Bonchev–Trinajstić information content (AvgIpc) is 2.98. The Bertz CT molecular complexity index is 601. The van der Waals surface area contributed by atoms with E-state index < -0.39 is 0 Å². The molecule has 1 aliphatic heterocycles. The molecule has 0 spiro atoms. The van der Waals surface area contributed by atoms with Crippen LogP contribution in [0.2, 0.25) is 5.02 Å². The topological polar surface area (TPSA) is 48.3 Å². The van der Waals surface area contributed by atoms with Gasteiger partial charge < -0.3 is 14.8 Å². The molecule has 3 rings (SSSR count). The lowest BCUT2D eigenvalue weighted by molar-refractivity contribution is 0.171. The van der Waals surface area contributed by atoms with Gasteiger partial charge in [0.15, 0.2) is 11.5 Å². The van der Waals surface area contributed by atoms with Gasteiger partial charge in [0, 0.05) is 25.0 Å². The second-order valence-electron chi connectivity index (χ2n) is 5.11. The number of nitrogens with one attached hydrogen (secondary N) is 1. The highest BCUT2D eigenvalue weighted by atomic mass is 35.5. The van der Waals surface area contributed by atoms with E-state index in [0.29, 0.717) is 30.0 Å². The summed E-state index contributed by atoms with van der Waals surface area (Å²) in [4.78, 5) is 0. The normalized spacial score (nSPS) is 15.0. The molecule has 112 valence electrons. The summed E-state index contributed by atoms with van der Waals surface area (Å²) < 4.78 is 13.0. The lowest BCUT2D eigenvalue weighted by atomic mass is 10.1. The molecule has 2 heterocycles. The molecule has 0 saturated heterocycles. The Hall–Kier alpha value is -1.72. The molecule has 1 aliphatic rings. The standard InChI is InChI=1S/C15H18ClN3O2/c1-11(10-19-4-2-3-18-19)17-9-12-7-13(16)15-14(8-12)20-5-6-21-15/h2-4,7-8,11,17H,5-6,9-10H2,1H3/t11-/m0/s1. The number of halogens is 1. The van der Waals surface area contributed by atoms with Crippen molar-refractivity contribution in [2.24, 2.45) is 0 Å². The molecule has 0 radical (unpaired) electrons. The summed E-state index contributed by atoms with van der Waals surface area (Å²) in [5.74, 6) is 1.38. The van der Waals surface area contributed by atoms with Crippen molar-refractivity contribution in [1.29, 1.82) is 0 Å². The van der Waals surface area contributed by atoms with E-state index in [9.17, 15) is 0 Å². The molecule has 1 aromatic heterocycles. The van der Waals surface area contributed by atoms with Crippen molar-refractivity contribution in [2.75, 3.05) is 13.2 Å². The van der Waals surface area contributed by atoms with Gasteiger partial charge in [-0.15, -0.1) is 0 Å². The molecule has 0 amide bonds. The first-order valence-corrected chi connectivity index (χ1v) is 7.39. The largest absolute Gasteiger partial charge is 0.486 e. The van der Waals surface area contributed by atoms with E-state index in [0.717, 1.165) is 24.4 Å². The summed E-state index contributed by atoms with van der Waals surface area (Å²) in [6.45, 7) is 4.78. The first kappa shape index (κ1) is 14.2. The zero-order chi connectivity index (χ0) is 14.7. The zero-order valence-electron chi connectivity index (χ0n) is 11.9. The van der Waals surface area contributed by atoms with Crippen LogP contribution in [0.15, 0.2) is 30.6 Å². The van der Waals surface area contributed by atoms with Crippen LogP contribution in [0.3, 0.4) is 0 Å². The summed E-state index contributed by atoms with van der Waals surface area (Å²) in [7, 11) is 0. The minimum absolute atomic E-state index is 0.303. The lowest BCUT2D eigenvalue weighted by Gasteiger charge is -2.21. The van der Waals surface area contributed by atoms with Crippen LogP contribution in [0.25, 0.3) is 0 Å². The predicted octanol–water partition coefficient (Wildman–Crippen LogP) is 2.49. The van der Waals surface area contributed by atoms with E-state index in [-0.39, 0.29) is 0 Å². The Labute approximate surface area is 128 Å². The monoisotopic (exact) mass is 307 g/mol. The SMILES string of the molecule is C[C@@H](Cn1cccn1)NCc1cc(Cl)c2c(c1)OCCO2. The van der Waals surface area contributed by atoms with E-state index >= 15 is 0 Å². The molecule has 0 fully saturated rings. The molecule has 21 heavy (non-hydrogen) atoms. The molecule has 1 aromatic carbocycles. The van der Waals surface area contributed by atoms with Crippen molar-refractivity contribution in [1.82, 2.24) is 15.1 Å². The molecular weight excluding hydrogens is 290 g/mol. The number of aromatic nitrogens is 2. The number of nitrogens with zero attached hydrogens (tertiary/aromatic N) is 2. The molecule has 0 aliphatic carbocycles. The van der Waals surface area contributed by atoms with Gasteiger partial charge in [-0.25, -0.2) is 0 Å². The Morgan fingerprint density at radius 3 is 3.05 bits per heavy atom. The average molecular weight is 308 g/mol. The van der Waals surface area contributed by atoms with Gasteiger partial charge in [-0.2, -0.15) is 5.10 Å². The van der Waals surface area contributed by atoms with Gasteiger partial charge in [-0.3, -0.25) is 4.68 Å². The fourth-order valence-corrected chi connectivity index (χ4v) is 2.60. The summed E-state index contributed by atoms with van der Waals surface area (Å²) in [5, 5.41) is 8.26. The van der Waals surface area contributed by atoms with Crippen LogP contribution in [0, 0.1) is 0 Å². The van der Waals surface area contributed by atoms with Gasteiger partial charge in [0.1, 0.15) is 13.2 Å². The zero-order valence-corrected chi connectivity index (χ0v) is 12.6. The van der Waals surface area contributed by atoms with E-state index in [1.54, 1.807) is 6.20 Å². The van der Waals surface area contributed by atoms with E-state index in [1.165, 1.54) is 0 Å². The second kappa shape index (κ2) is 6.37. The highest BCUT2D eigenvalue weighted by Gasteiger charge is 2.16. The summed E-state index contributed by atoms with van der Waals surface area (Å²) in [6.07, 6.45) is 3.74. The number of rotatable bonds is 5. The number of hydrogen-bond donors (Lipinski definition) is 1. The lowest BCUT2D eigenvalue weighted by Crippen LogP contribution is -2.30. The Balaban J connectivity index is 1.61. The summed E-state index contributed by atoms with van der Waals surface area (Å²) in [5.41, 5.74) is 1.08. The number of benzene rings is 1. The van der Waals surface area contributed by atoms with E-state index in [4.69, 9.17) is 21.1 Å². The van der Waals surface area contributed by atoms with Gasteiger partial charge in [-0.1, -0.05) is 11.6 Å². The Morgan fingerprint density at radius 1 is 1.38 bits per heavy atom. The van der Waals surface area contributed by atoms with Gasteiger partial charge in [0.2, 0.25) is 0 Å². The van der Waals surface area contributed by atoms with Crippen LogP contribution in [0.5, 0.6) is 11.5 Å². The van der Waals surface area contributed by atoms with Crippen LogP contribution in [-0.2, 0) is 13.1 Å². The Kier molecular flexibility index (Phi) is 4.31. The highest BCUT2D eigenvalue weighted by Crippen LogP contribution is 2.38. The minimum Gasteiger partial charge on any atom is -0.486 e. The Morgan fingerprint density at radius 2 is 2.24 bits per heavy atom. The number of ether oxygens (including phenoxy) is 2. The third kappa shape index (κ3) is 3.49. The highest BCUT2D eigenvalue weighted by molar-refractivity contribution is 6.32. The predicted molar refractivity (Wildman–Crippen MR) is 81.0 cm³/mol. The van der Waals surface area contributed by atoms with Crippen LogP contribution in [0.4, 0.5) is 0 Å². The summed E-state index contributed by atoms with van der Waals surface area (Å²) in [6, 6.07) is 6.13. The van der Waals surface area contributed by atoms with Gasteiger partial charge in [-0.05, 0) is 30.7 Å². The van der Waals surface area contributed by atoms with Crippen molar-refractivity contribution >= 4 is 11.6 Å². The van der Waals surface area contributed by atoms with Crippen molar-refractivity contribution < 1.29 is 9.47 Å². The van der Waals surface area contributed by atoms with Gasteiger partial charge >= 0.3 is 0 Å². The number of hydrogen-bond acceptors (Lipinski definition) is 4. The first-order chi connectivity index (χ1) is 10.2.